The van der Waals surface area contributed by atoms with Crippen LogP contribution in [-0.4, -0.2) is 0 Å². The molecule has 0 radical (unpaired) electrons. The fraction of sp³-hybridized carbons (Fsp3) is 0.200. The second-order valence-electron chi connectivity index (χ2n) is 5.51. The van der Waals surface area contributed by atoms with Crippen molar-refractivity contribution in [2.24, 2.45) is 0 Å². The first-order valence-electron chi connectivity index (χ1n) is 7.55. The van der Waals surface area contributed by atoms with Crippen molar-refractivity contribution < 1.29 is 0 Å². The predicted molar refractivity (Wildman–Crippen MR) is 93.0 cm³/mol. The molecule has 3 aromatic carbocycles. The van der Waals surface area contributed by atoms with Crippen molar-refractivity contribution in [3.8, 4) is 11.1 Å². The van der Waals surface area contributed by atoms with Gasteiger partial charge in [0.05, 0.1) is 0 Å². The number of fused-ring (bicyclic) bond motifs is 1. The van der Waals surface area contributed by atoms with Crippen LogP contribution in [0.1, 0.15) is 25.3 Å². The molecule has 0 saturated heterocycles. The Morgan fingerprint density at radius 3 is 2.19 bits per heavy atom. The van der Waals surface area contributed by atoms with E-state index in [4.69, 9.17) is 11.6 Å². The van der Waals surface area contributed by atoms with E-state index in [0.29, 0.717) is 0 Å². The van der Waals surface area contributed by atoms with Crippen LogP contribution in [0.4, 0.5) is 0 Å². The van der Waals surface area contributed by atoms with E-state index in [0.717, 1.165) is 5.02 Å². The summed E-state index contributed by atoms with van der Waals surface area (Å²) in [4.78, 5) is 0. The van der Waals surface area contributed by atoms with Crippen LogP contribution in [0, 0.1) is 0 Å². The van der Waals surface area contributed by atoms with Gasteiger partial charge in [0.1, 0.15) is 0 Å². The molecule has 1 heteroatoms. The summed E-state index contributed by atoms with van der Waals surface area (Å²) in [5, 5.41) is 3.39. The summed E-state index contributed by atoms with van der Waals surface area (Å²) in [5.41, 5.74) is 3.88. The minimum absolute atomic E-state index is 0.778. The highest BCUT2D eigenvalue weighted by Crippen LogP contribution is 2.26. The maximum Gasteiger partial charge on any atom is 0.0406 e. The average Bonchev–Trinajstić information content (AvgIpc) is 2.53. The molecule has 0 saturated carbocycles. The monoisotopic (exact) mass is 294 g/mol. The van der Waals surface area contributed by atoms with E-state index in [-0.39, 0.29) is 0 Å². The topological polar surface area (TPSA) is 0 Å². The molecular formula is C20H19Cl. The Labute approximate surface area is 131 Å². The predicted octanol–water partition coefficient (Wildman–Crippen LogP) is 6.50. The van der Waals surface area contributed by atoms with E-state index in [2.05, 4.69) is 55.5 Å². The normalized spacial score (nSPS) is 11.0. The molecule has 0 aliphatic carbocycles. The van der Waals surface area contributed by atoms with E-state index in [1.807, 2.05) is 12.1 Å². The van der Waals surface area contributed by atoms with Crippen LogP contribution in [0.2, 0.25) is 5.02 Å². The molecule has 0 nitrogen and oxygen atoms in total. The lowest BCUT2D eigenvalue weighted by molar-refractivity contribution is 0.796. The van der Waals surface area contributed by atoms with Crippen LogP contribution in [-0.2, 0) is 6.42 Å². The van der Waals surface area contributed by atoms with Crippen molar-refractivity contribution in [1.29, 1.82) is 0 Å². The number of rotatable bonds is 4. The summed E-state index contributed by atoms with van der Waals surface area (Å²) in [6.45, 7) is 2.24. The van der Waals surface area contributed by atoms with E-state index in [1.54, 1.807) is 0 Å². The first-order valence-corrected chi connectivity index (χ1v) is 7.93. The minimum atomic E-state index is 0.778. The third-order valence-electron chi connectivity index (χ3n) is 3.90. The Bertz CT molecular complexity index is 741. The van der Waals surface area contributed by atoms with Crippen molar-refractivity contribution in [3.05, 3.63) is 71.2 Å². The highest BCUT2D eigenvalue weighted by Gasteiger charge is 2.01. The molecular weight excluding hydrogens is 276 g/mol. The zero-order valence-electron chi connectivity index (χ0n) is 12.3. The van der Waals surface area contributed by atoms with Crippen molar-refractivity contribution in [1.82, 2.24) is 0 Å². The smallest absolute Gasteiger partial charge is 0.0406 e. The fourth-order valence-corrected chi connectivity index (χ4v) is 2.78. The van der Waals surface area contributed by atoms with Gasteiger partial charge in [-0.1, -0.05) is 67.4 Å². The third-order valence-corrected chi connectivity index (χ3v) is 4.15. The third kappa shape index (κ3) is 3.28. The van der Waals surface area contributed by atoms with Gasteiger partial charge in [0.2, 0.25) is 0 Å². The van der Waals surface area contributed by atoms with Crippen LogP contribution in [0.15, 0.2) is 60.7 Å². The van der Waals surface area contributed by atoms with Gasteiger partial charge in [-0.25, -0.2) is 0 Å². The number of hydrogen-bond donors (Lipinski definition) is 0. The van der Waals surface area contributed by atoms with Gasteiger partial charge < -0.3 is 0 Å². The Kier molecular flexibility index (Phi) is 4.26. The Morgan fingerprint density at radius 1 is 0.762 bits per heavy atom. The summed E-state index contributed by atoms with van der Waals surface area (Å²) in [6.07, 6.45) is 3.67. The zero-order chi connectivity index (χ0) is 14.7. The maximum absolute atomic E-state index is 5.95. The molecule has 0 fully saturated rings. The van der Waals surface area contributed by atoms with Crippen molar-refractivity contribution in [2.75, 3.05) is 0 Å². The van der Waals surface area contributed by atoms with Gasteiger partial charge in [-0.05, 0) is 58.5 Å². The first kappa shape index (κ1) is 14.2. The molecule has 0 bridgehead atoms. The molecule has 106 valence electrons. The van der Waals surface area contributed by atoms with E-state index in [9.17, 15) is 0 Å². The zero-order valence-corrected chi connectivity index (χ0v) is 13.0. The summed E-state index contributed by atoms with van der Waals surface area (Å²) < 4.78 is 0. The Hall–Kier alpha value is -1.79. The highest BCUT2D eigenvalue weighted by molar-refractivity contribution is 6.30. The number of unbranched alkanes of at least 4 members (excludes halogenated alkanes) is 1. The van der Waals surface area contributed by atoms with Gasteiger partial charge >= 0.3 is 0 Å². The van der Waals surface area contributed by atoms with E-state index < -0.39 is 0 Å². The van der Waals surface area contributed by atoms with Gasteiger partial charge in [0.15, 0.2) is 0 Å². The second kappa shape index (κ2) is 6.32. The largest absolute Gasteiger partial charge is 0.0843 e. The fourth-order valence-electron chi connectivity index (χ4n) is 2.65. The second-order valence-corrected chi connectivity index (χ2v) is 5.94. The summed E-state index contributed by atoms with van der Waals surface area (Å²) in [5.74, 6) is 0. The van der Waals surface area contributed by atoms with E-state index in [1.165, 1.54) is 46.7 Å². The standard InChI is InChI=1S/C20H19Cl/c1-2-3-4-15-5-6-19-14-18(8-7-17(19)13-15)16-9-11-20(21)12-10-16/h5-14H,2-4H2,1H3. The molecule has 0 heterocycles. The Balaban J connectivity index is 1.95. The van der Waals surface area contributed by atoms with E-state index >= 15 is 0 Å². The number of aryl methyl sites for hydroxylation is 1. The quantitative estimate of drug-likeness (QED) is 0.515. The van der Waals surface area contributed by atoms with Crippen molar-refractivity contribution in [2.45, 2.75) is 26.2 Å². The lowest BCUT2D eigenvalue weighted by Gasteiger charge is -2.07. The summed E-state index contributed by atoms with van der Waals surface area (Å²) >= 11 is 5.95. The molecule has 21 heavy (non-hydrogen) atoms. The minimum Gasteiger partial charge on any atom is -0.0843 e. The molecule has 0 amide bonds. The van der Waals surface area contributed by atoms with Gasteiger partial charge in [-0.3, -0.25) is 0 Å². The Morgan fingerprint density at radius 2 is 1.43 bits per heavy atom. The molecule has 0 unspecified atom stereocenters. The number of hydrogen-bond acceptors (Lipinski definition) is 0. The van der Waals surface area contributed by atoms with Gasteiger partial charge in [-0.2, -0.15) is 0 Å². The molecule has 0 aliphatic heterocycles. The van der Waals surface area contributed by atoms with Crippen LogP contribution in [0.3, 0.4) is 0 Å². The van der Waals surface area contributed by atoms with Crippen LogP contribution in [0.5, 0.6) is 0 Å². The summed E-state index contributed by atoms with van der Waals surface area (Å²) in [7, 11) is 0. The van der Waals surface area contributed by atoms with Gasteiger partial charge in [0, 0.05) is 5.02 Å². The van der Waals surface area contributed by atoms with Gasteiger partial charge in [0.25, 0.3) is 0 Å². The maximum atomic E-state index is 5.95. The molecule has 0 atom stereocenters. The lowest BCUT2D eigenvalue weighted by Crippen LogP contribution is -1.85. The van der Waals surface area contributed by atoms with Crippen LogP contribution in [0.25, 0.3) is 21.9 Å². The van der Waals surface area contributed by atoms with Gasteiger partial charge in [-0.15, -0.1) is 0 Å². The molecule has 3 aromatic rings. The summed E-state index contributed by atoms with van der Waals surface area (Å²) in [6, 6.07) is 21.5. The van der Waals surface area contributed by atoms with Crippen LogP contribution >= 0.6 is 11.6 Å². The molecule has 0 N–H and O–H groups in total. The SMILES string of the molecule is CCCCc1ccc2cc(-c3ccc(Cl)cc3)ccc2c1. The lowest BCUT2D eigenvalue weighted by atomic mass is 9.99. The number of benzene rings is 3. The molecule has 0 aromatic heterocycles. The highest BCUT2D eigenvalue weighted by atomic mass is 35.5. The average molecular weight is 295 g/mol. The first-order chi connectivity index (χ1) is 10.3. The molecule has 0 aliphatic rings. The molecule has 0 spiro atoms. The van der Waals surface area contributed by atoms with Crippen molar-refractivity contribution in [3.63, 3.8) is 0 Å². The van der Waals surface area contributed by atoms with Crippen LogP contribution < -0.4 is 0 Å². The van der Waals surface area contributed by atoms with Crippen molar-refractivity contribution >= 4 is 22.4 Å². The number of halogens is 1. The molecule has 3 rings (SSSR count).